The highest BCUT2D eigenvalue weighted by molar-refractivity contribution is 5.94. The second kappa shape index (κ2) is 12.5. The van der Waals surface area contributed by atoms with Gasteiger partial charge in [-0.15, -0.1) is 0 Å². The van der Waals surface area contributed by atoms with E-state index in [1.165, 1.54) is 11.1 Å². The molecule has 6 heteroatoms. The molecule has 1 amide bonds. The fraction of sp³-hybridized carbons (Fsp3) is 0.379. The van der Waals surface area contributed by atoms with Crippen molar-refractivity contribution in [2.45, 2.75) is 33.4 Å². The summed E-state index contributed by atoms with van der Waals surface area (Å²) < 4.78 is 11.9. The number of carbonyl (C=O) groups excluding carboxylic acids is 1. The van der Waals surface area contributed by atoms with Crippen molar-refractivity contribution in [2.24, 2.45) is 5.92 Å². The van der Waals surface area contributed by atoms with Gasteiger partial charge in [0.25, 0.3) is 5.91 Å². The first kappa shape index (κ1) is 24.9. The Hall–Kier alpha value is -3.22. The number of nitrogens with one attached hydrogen (secondary N) is 1. The van der Waals surface area contributed by atoms with Crippen molar-refractivity contribution in [2.75, 3.05) is 32.9 Å². The molecule has 0 radical (unpaired) electrons. The lowest BCUT2D eigenvalue weighted by molar-refractivity contribution is 0.0746. The van der Waals surface area contributed by atoms with Crippen LogP contribution in [0, 0.1) is 5.92 Å². The highest BCUT2D eigenvalue weighted by atomic mass is 16.5. The van der Waals surface area contributed by atoms with Crippen LogP contribution in [0.15, 0.2) is 67.0 Å². The molecule has 1 aliphatic rings. The van der Waals surface area contributed by atoms with E-state index in [2.05, 4.69) is 53.3 Å². The van der Waals surface area contributed by atoms with Crippen LogP contribution in [-0.4, -0.2) is 48.7 Å². The van der Waals surface area contributed by atoms with Crippen LogP contribution >= 0.6 is 0 Å². The molecule has 0 spiro atoms. The van der Waals surface area contributed by atoms with Crippen molar-refractivity contribution in [3.8, 4) is 5.75 Å². The highest BCUT2D eigenvalue weighted by Gasteiger charge is 2.14. The molecule has 6 nitrogen and oxygen atoms in total. The number of aromatic nitrogens is 1. The van der Waals surface area contributed by atoms with Crippen LogP contribution in [0.5, 0.6) is 5.75 Å². The number of carbonyl (C=O) groups is 1. The first-order valence-electron chi connectivity index (χ1n) is 12.4. The van der Waals surface area contributed by atoms with Gasteiger partial charge in [0.1, 0.15) is 12.4 Å². The van der Waals surface area contributed by atoms with Crippen molar-refractivity contribution in [1.29, 1.82) is 0 Å². The Kier molecular flexibility index (Phi) is 8.87. The molecular weight excluding hydrogens is 438 g/mol. The van der Waals surface area contributed by atoms with Crippen molar-refractivity contribution < 1.29 is 14.3 Å². The molecule has 0 aliphatic carbocycles. The summed E-state index contributed by atoms with van der Waals surface area (Å²) in [6.07, 6.45) is 4.17. The molecule has 2 heterocycles. The van der Waals surface area contributed by atoms with E-state index in [4.69, 9.17) is 9.47 Å². The fourth-order valence-electron chi connectivity index (χ4n) is 4.36. The summed E-state index contributed by atoms with van der Waals surface area (Å²) in [5.74, 6) is 1.27. The summed E-state index contributed by atoms with van der Waals surface area (Å²) in [5, 5.41) is 2.99. The summed E-state index contributed by atoms with van der Waals surface area (Å²) in [6.45, 7) is 9.45. The van der Waals surface area contributed by atoms with Crippen LogP contribution in [0.4, 0.5) is 0 Å². The van der Waals surface area contributed by atoms with Crippen LogP contribution < -0.4 is 10.1 Å². The van der Waals surface area contributed by atoms with Crippen molar-refractivity contribution in [1.82, 2.24) is 15.2 Å². The Balaban J connectivity index is 1.54. The van der Waals surface area contributed by atoms with E-state index >= 15 is 0 Å². The van der Waals surface area contributed by atoms with Gasteiger partial charge in [-0.2, -0.15) is 0 Å². The summed E-state index contributed by atoms with van der Waals surface area (Å²) in [6, 6.07) is 18.2. The molecule has 0 fully saturated rings. The van der Waals surface area contributed by atoms with Gasteiger partial charge in [0.05, 0.1) is 13.2 Å². The number of fused-ring (bicyclic) bond motifs is 3. The third-order valence-electron chi connectivity index (χ3n) is 5.95. The van der Waals surface area contributed by atoms with Crippen molar-refractivity contribution in [3.05, 3.63) is 94.8 Å². The maximum atomic E-state index is 12.9. The van der Waals surface area contributed by atoms with Gasteiger partial charge < -0.3 is 14.8 Å². The van der Waals surface area contributed by atoms with E-state index < -0.39 is 0 Å². The third-order valence-corrected chi connectivity index (χ3v) is 5.95. The molecule has 0 saturated carbocycles. The molecule has 3 aromatic rings. The predicted molar refractivity (Wildman–Crippen MR) is 138 cm³/mol. The van der Waals surface area contributed by atoms with Crippen LogP contribution in [-0.2, 0) is 24.2 Å². The van der Waals surface area contributed by atoms with Crippen LogP contribution in [0.2, 0.25) is 0 Å². The van der Waals surface area contributed by atoms with Crippen LogP contribution in [0.3, 0.4) is 0 Å². The standard InChI is InChI=1S/C29H35N3O3/c1-22(2)20-32-11-12-34-13-14-35-28-9-8-26(29(33)31-19-25-7-4-10-30-18-25)17-27(28)16-23-5-3-6-24(15-23)21-32/h3-10,15,17-18,22H,11-14,16,19-21H2,1-2H3,(H,31,33). The second-order valence-electron chi connectivity index (χ2n) is 9.45. The van der Waals surface area contributed by atoms with Gasteiger partial charge >= 0.3 is 0 Å². The lowest BCUT2D eigenvalue weighted by Gasteiger charge is -2.25. The number of hydrogen-bond acceptors (Lipinski definition) is 5. The average Bonchev–Trinajstić information content (AvgIpc) is 2.85. The molecule has 35 heavy (non-hydrogen) atoms. The largest absolute Gasteiger partial charge is 0.491 e. The summed E-state index contributed by atoms with van der Waals surface area (Å²) in [5.41, 5.74) is 5.07. The fourth-order valence-corrected chi connectivity index (χ4v) is 4.36. The first-order valence-corrected chi connectivity index (χ1v) is 12.4. The Morgan fingerprint density at radius 1 is 1.06 bits per heavy atom. The summed E-state index contributed by atoms with van der Waals surface area (Å²) in [7, 11) is 0. The van der Waals surface area contributed by atoms with Gasteiger partial charge in [-0.1, -0.05) is 44.2 Å². The van der Waals surface area contributed by atoms with Gasteiger partial charge in [-0.25, -0.2) is 0 Å². The monoisotopic (exact) mass is 473 g/mol. The number of hydrogen-bond donors (Lipinski definition) is 1. The minimum atomic E-state index is -0.113. The number of nitrogens with zero attached hydrogens (tertiary/aromatic N) is 2. The van der Waals surface area contributed by atoms with E-state index in [1.54, 1.807) is 12.4 Å². The molecule has 1 N–H and O–H groups in total. The van der Waals surface area contributed by atoms with Gasteiger partial charge in [-0.3, -0.25) is 14.7 Å². The lowest BCUT2D eigenvalue weighted by atomic mass is 9.99. The van der Waals surface area contributed by atoms with Crippen molar-refractivity contribution >= 4 is 5.91 Å². The predicted octanol–water partition coefficient (Wildman–Crippen LogP) is 4.47. The first-order chi connectivity index (χ1) is 17.1. The third kappa shape index (κ3) is 7.64. The maximum Gasteiger partial charge on any atom is 0.251 e. The van der Waals surface area contributed by atoms with Gasteiger partial charge in [0, 0.05) is 50.6 Å². The number of pyridine rings is 1. The number of rotatable bonds is 5. The van der Waals surface area contributed by atoms with E-state index in [0.29, 0.717) is 44.3 Å². The Morgan fingerprint density at radius 2 is 1.94 bits per heavy atom. The minimum absolute atomic E-state index is 0.113. The zero-order chi connectivity index (χ0) is 24.5. The van der Waals surface area contributed by atoms with Crippen LogP contribution in [0.25, 0.3) is 0 Å². The zero-order valence-corrected chi connectivity index (χ0v) is 20.7. The van der Waals surface area contributed by atoms with E-state index in [0.717, 1.165) is 36.5 Å². The molecule has 0 saturated heterocycles. The SMILES string of the molecule is CC(C)CN1CCOCCOc2ccc(C(=O)NCc3cccnc3)cc2Cc2cccc(c2)C1. The number of benzene rings is 2. The molecule has 2 bridgehead atoms. The minimum Gasteiger partial charge on any atom is -0.491 e. The van der Waals surface area contributed by atoms with Gasteiger partial charge in [0.15, 0.2) is 0 Å². The van der Waals surface area contributed by atoms with Gasteiger partial charge in [0.2, 0.25) is 0 Å². The highest BCUT2D eigenvalue weighted by Crippen LogP contribution is 2.25. The van der Waals surface area contributed by atoms with Crippen LogP contribution in [0.1, 0.15) is 46.5 Å². The normalized spacial score (nSPS) is 15.1. The van der Waals surface area contributed by atoms with Crippen molar-refractivity contribution in [3.63, 3.8) is 0 Å². The quantitative estimate of drug-likeness (QED) is 0.592. The number of amides is 1. The molecule has 2 aromatic carbocycles. The molecular formula is C29H35N3O3. The topological polar surface area (TPSA) is 63.7 Å². The van der Waals surface area contributed by atoms with Gasteiger partial charge in [-0.05, 0) is 52.4 Å². The van der Waals surface area contributed by atoms with E-state index in [-0.39, 0.29) is 5.91 Å². The Labute approximate surface area is 208 Å². The second-order valence-corrected chi connectivity index (χ2v) is 9.45. The summed E-state index contributed by atoms with van der Waals surface area (Å²) >= 11 is 0. The zero-order valence-electron chi connectivity index (χ0n) is 20.7. The molecule has 4 rings (SSSR count). The smallest absolute Gasteiger partial charge is 0.251 e. The van der Waals surface area contributed by atoms with E-state index in [9.17, 15) is 4.79 Å². The number of ether oxygens (including phenoxy) is 2. The molecule has 0 unspecified atom stereocenters. The molecule has 0 atom stereocenters. The Morgan fingerprint density at radius 3 is 2.77 bits per heavy atom. The van der Waals surface area contributed by atoms with E-state index in [1.807, 2.05) is 30.3 Å². The maximum absolute atomic E-state index is 12.9. The average molecular weight is 474 g/mol. The summed E-state index contributed by atoms with van der Waals surface area (Å²) in [4.78, 5) is 19.4. The lowest BCUT2D eigenvalue weighted by Crippen LogP contribution is -2.31. The molecule has 1 aromatic heterocycles. The Bertz CT molecular complexity index is 1100. The molecule has 184 valence electrons. The molecule has 1 aliphatic heterocycles.